The lowest BCUT2D eigenvalue weighted by Crippen LogP contribution is -2.70. The van der Waals surface area contributed by atoms with Gasteiger partial charge in [0.2, 0.25) is 21.8 Å². The van der Waals surface area contributed by atoms with Gasteiger partial charge in [-0.3, -0.25) is 14.5 Å². The first-order valence-corrected chi connectivity index (χ1v) is 15.5. The van der Waals surface area contributed by atoms with Crippen LogP contribution in [0.25, 0.3) is 11.1 Å². The summed E-state index contributed by atoms with van der Waals surface area (Å²) in [5, 5.41) is 4.09. The zero-order chi connectivity index (χ0) is 28.8. The number of halogens is 1. The number of aryl methyl sites for hydroxylation is 1. The van der Waals surface area contributed by atoms with Crippen molar-refractivity contribution in [2.24, 2.45) is 5.41 Å². The molecule has 9 nitrogen and oxygen atoms in total. The molecule has 3 aromatic rings. The van der Waals surface area contributed by atoms with Gasteiger partial charge in [-0.25, -0.2) is 12.8 Å². The first-order chi connectivity index (χ1) is 18.8. The molecule has 0 saturated heterocycles. The van der Waals surface area contributed by atoms with Crippen LogP contribution in [0.1, 0.15) is 71.0 Å². The lowest BCUT2D eigenvalue weighted by Gasteiger charge is -2.65. The largest absolute Gasteiger partial charge is 0.339 e. The van der Waals surface area contributed by atoms with Crippen LogP contribution in [0.5, 0.6) is 0 Å². The van der Waals surface area contributed by atoms with E-state index in [1.807, 2.05) is 26.8 Å². The van der Waals surface area contributed by atoms with Crippen LogP contribution in [0, 0.1) is 5.41 Å². The molecular formula is C29H36FN5O4S. The molecule has 214 valence electrons. The number of amides is 1. The second-order valence-electron chi connectivity index (χ2n) is 12.4. The quantitative estimate of drug-likeness (QED) is 0.306. The number of nitrogens with one attached hydrogen (secondary N) is 1. The molecule has 0 unspecified atom stereocenters. The summed E-state index contributed by atoms with van der Waals surface area (Å²) in [5.41, 5.74) is 0.815. The van der Waals surface area contributed by atoms with E-state index >= 15 is 0 Å². The van der Waals surface area contributed by atoms with Crippen molar-refractivity contribution in [3.8, 4) is 11.1 Å². The van der Waals surface area contributed by atoms with Crippen molar-refractivity contribution in [2.45, 2.75) is 76.8 Å². The SMILES string of the molecule is CC(C)(C)c1nc(CCCCCN(C(=O)C23CC(F)(C2)C3)c2cncc(-c3ccc(NS(C)(=O)=O)cc3)c2)no1. The van der Waals surface area contributed by atoms with Gasteiger partial charge in [-0.05, 0) is 55.9 Å². The summed E-state index contributed by atoms with van der Waals surface area (Å²) >= 11 is 0. The topological polar surface area (TPSA) is 118 Å². The highest BCUT2D eigenvalue weighted by Gasteiger charge is 2.73. The summed E-state index contributed by atoms with van der Waals surface area (Å²) < 4.78 is 45.2. The number of aromatic nitrogens is 3. The summed E-state index contributed by atoms with van der Waals surface area (Å²) in [5.74, 6) is 1.28. The third kappa shape index (κ3) is 6.04. The van der Waals surface area contributed by atoms with Gasteiger partial charge in [0.15, 0.2) is 5.82 Å². The smallest absolute Gasteiger partial charge is 0.233 e. The van der Waals surface area contributed by atoms with Gasteiger partial charge in [-0.1, -0.05) is 44.5 Å². The molecule has 3 aliphatic rings. The Labute approximate surface area is 234 Å². The van der Waals surface area contributed by atoms with E-state index in [9.17, 15) is 17.6 Å². The number of hydrogen-bond donors (Lipinski definition) is 1. The average Bonchev–Trinajstić information content (AvgIpc) is 3.33. The Morgan fingerprint density at radius 1 is 1.07 bits per heavy atom. The van der Waals surface area contributed by atoms with Gasteiger partial charge in [-0.2, -0.15) is 4.98 Å². The van der Waals surface area contributed by atoms with Crippen molar-refractivity contribution < 1.29 is 22.1 Å². The molecule has 0 spiro atoms. The molecule has 1 N–H and O–H groups in total. The third-order valence-corrected chi connectivity index (χ3v) is 8.22. The fourth-order valence-corrected chi connectivity index (χ4v) is 6.16. The second-order valence-corrected chi connectivity index (χ2v) is 14.1. The normalized spacial score (nSPS) is 21.8. The number of nitrogens with zero attached hydrogens (tertiary/aromatic N) is 4. The minimum Gasteiger partial charge on any atom is -0.339 e. The number of rotatable bonds is 11. The van der Waals surface area contributed by atoms with Crippen LogP contribution in [-0.4, -0.2) is 47.9 Å². The molecule has 11 heteroatoms. The van der Waals surface area contributed by atoms with E-state index < -0.39 is 21.1 Å². The van der Waals surface area contributed by atoms with Crippen molar-refractivity contribution in [1.29, 1.82) is 0 Å². The maximum absolute atomic E-state index is 14.3. The molecule has 1 aromatic carbocycles. The Morgan fingerprint density at radius 2 is 1.77 bits per heavy atom. The molecule has 2 heterocycles. The molecule has 0 aliphatic heterocycles. The van der Waals surface area contributed by atoms with Crippen LogP contribution in [0.4, 0.5) is 15.8 Å². The third-order valence-electron chi connectivity index (χ3n) is 7.61. The van der Waals surface area contributed by atoms with E-state index in [4.69, 9.17) is 4.52 Å². The molecule has 3 aliphatic carbocycles. The molecule has 2 bridgehead atoms. The summed E-state index contributed by atoms with van der Waals surface area (Å²) in [6.07, 6.45) is 8.56. The number of alkyl halides is 1. The molecular weight excluding hydrogens is 533 g/mol. The molecule has 0 atom stereocenters. The van der Waals surface area contributed by atoms with E-state index in [2.05, 4.69) is 19.8 Å². The van der Waals surface area contributed by atoms with Crippen LogP contribution >= 0.6 is 0 Å². The molecule has 1 amide bonds. The van der Waals surface area contributed by atoms with E-state index in [1.165, 1.54) is 0 Å². The van der Waals surface area contributed by atoms with E-state index in [0.717, 1.165) is 36.6 Å². The number of pyridine rings is 1. The van der Waals surface area contributed by atoms with Crippen molar-refractivity contribution in [2.75, 3.05) is 22.4 Å². The Kier molecular flexibility index (Phi) is 7.22. The fraction of sp³-hybridized carbons (Fsp3) is 0.517. The Hall–Kier alpha value is -3.34. The summed E-state index contributed by atoms with van der Waals surface area (Å²) in [6, 6.07) is 8.88. The highest BCUT2D eigenvalue weighted by Crippen LogP contribution is 2.70. The molecule has 3 fully saturated rings. The number of unbranched alkanes of at least 4 members (excludes halogenated alkanes) is 2. The van der Waals surface area contributed by atoms with Gasteiger partial charge in [0.1, 0.15) is 5.67 Å². The monoisotopic (exact) mass is 569 g/mol. The van der Waals surface area contributed by atoms with Crippen molar-refractivity contribution in [3.63, 3.8) is 0 Å². The molecule has 3 saturated carbocycles. The van der Waals surface area contributed by atoms with Crippen molar-refractivity contribution in [1.82, 2.24) is 15.1 Å². The van der Waals surface area contributed by atoms with Gasteiger partial charge in [0.05, 0.1) is 23.6 Å². The molecule has 2 aromatic heterocycles. The maximum Gasteiger partial charge on any atom is 0.233 e. The fourth-order valence-electron chi connectivity index (χ4n) is 5.59. The second kappa shape index (κ2) is 10.2. The predicted octanol–water partition coefficient (Wildman–Crippen LogP) is 5.44. The highest BCUT2D eigenvalue weighted by molar-refractivity contribution is 7.92. The Morgan fingerprint density at radius 3 is 2.38 bits per heavy atom. The summed E-state index contributed by atoms with van der Waals surface area (Å²) in [7, 11) is -3.37. The number of carbonyl (C=O) groups excluding carboxylic acids is 1. The zero-order valence-corrected chi connectivity index (χ0v) is 24.2. The number of carbonyl (C=O) groups is 1. The van der Waals surface area contributed by atoms with Crippen molar-refractivity contribution >= 4 is 27.3 Å². The van der Waals surface area contributed by atoms with Crippen LogP contribution in [0.15, 0.2) is 47.2 Å². The van der Waals surface area contributed by atoms with Gasteiger partial charge in [0.25, 0.3) is 0 Å². The van der Waals surface area contributed by atoms with Gasteiger partial charge in [0, 0.05) is 35.8 Å². The van der Waals surface area contributed by atoms with E-state index in [-0.39, 0.29) is 11.3 Å². The lowest BCUT2D eigenvalue weighted by atomic mass is 9.42. The average molecular weight is 570 g/mol. The molecule has 0 radical (unpaired) electrons. The minimum absolute atomic E-state index is 0.0355. The van der Waals surface area contributed by atoms with Crippen LogP contribution in [0.2, 0.25) is 0 Å². The number of anilines is 2. The Balaban J connectivity index is 1.26. The standard InChI is InChI=1S/C29H36FN5O4S/c1-27(2,3)25-32-24(33-39-25)8-6-5-7-13-35(26(36)28-17-29(30,18-28)19-28)23-14-21(15-31-16-23)20-9-11-22(12-10-20)34-40(4,37)38/h9-12,14-16,34H,5-8,13,17-19H2,1-4H3. The predicted molar refractivity (Wildman–Crippen MR) is 151 cm³/mol. The molecule has 40 heavy (non-hydrogen) atoms. The van der Waals surface area contributed by atoms with Gasteiger partial charge < -0.3 is 9.42 Å². The molecule has 6 rings (SSSR count). The van der Waals surface area contributed by atoms with E-state index in [0.29, 0.717) is 55.3 Å². The number of sulfonamides is 1. The minimum atomic E-state index is -3.37. The first-order valence-electron chi connectivity index (χ1n) is 13.6. The van der Waals surface area contributed by atoms with Crippen LogP contribution in [-0.2, 0) is 26.7 Å². The summed E-state index contributed by atoms with van der Waals surface area (Å²) in [6.45, 7) is 6.59. The van der Waals surface area contributed by atoms with Gasteiger partial charge >= 0.3 is 0 Å². The number of benzene rings is 1. The Bertz CT molecular complexity index is 1480. The number of hydrogen-bond acceptors (Lipinski definition) is 7. The lowest BCUT2D eigenvalue weighted by molar-refractivity contribution is -0.211. The van der Waals surface area contributed by atoms with Gasteiger partial charge in [-0.15, -0.1) is 0 Å². The maximum atomic E-state index is 14.3. The highest BCUT2D eigenvalue weighted by atomic mass is 32.2. The van der Waals surface area contributed by atoms with Crippen LogP contribution < -0.4 is 9.62 Å². The van der Waals surface area contributed by atoms with E-state index in [1.54, 1.807) is 41.6 Å². The van der Waals surface area contributed by atoms with Crippen LogP contribution in [0.3, 0.4) is 0 Å². The summed E-state index contributed by atoms with van der Waals surface area (Å²) in [4.78, 5) is 24.3. The zero-order valence-electron chi connectivity index (χ0n) is 23.4. The van der Waals surface area contributed by atoms with Crippen molar-refractivity contribution in [3.05, 3.63) is 54.4 Å². The first kappa shape index (κ1) is 28.2.